The molecule has 0 radical (unpaired) electrons. The maximum absolute atomic E-state index is 14.6. The summed E-state index contributed by atoms with van der Waals surface area (Å²) < 4.78 is 99.4. The van der Waals surface area contributed by atoms with Gasteiger partial charge in [0.1, 0.15) is 16.8 Å². The van der Waals surface area contributed by atoms with E-state index >= 15 is 0 Å². The number of nitrogens with zero attached hydrogens (tertiary/aromatic N) is 4. The van der Waals surface area contributed by atoms with Crippen LogP contribution in [0.1, 0.15) is 62.3 Å². The van der Waals surface area contributed by atoms with Crippen molar-refractivity contribution in [1.82, 2.24) is 20.0 Å². The molecule has 2 unspecified atom stereocenters. The van der Waals surface area contributed by atoms with Gasteiger partial charge in [-0.15, -0.1) is 10.2 Å². The predicted octanol–water partition coefficient (Wildman–Crippen LogP) is 7.17. The van der Waals surface area contributed by atoms with Crippen molar-refractivity contribution in [1.29, 1.82) is 0 Å². The maximum atomic E-state index is 14.6. The third-order valence-corrected chi connectivity index (χ3v) is 9.71. The van der Waals surface area contributed by atoms with E-state index in [0.717, 1.165) is 44.0 Å². The zero-order valence-corrected chi connectivity index (χ0v) is 26.8. The standard InChI is InChI=1S/C18H23F3N3O4P.C12H11F3N2/c1-9-6-11(15-23-24-16(28-15)17(3,4)29(5,26)27)13(19)7-12(9)18(20,21)8-14(22)10(2)25;1-2-9-3-5-11(6-4-9)17-8-10(7-16-17)12(13,14)15/h6-7,14H,8,22H2,1-5H3,(H,26,27);3-8H,2H2,1H3. The van der Waals surface area contributed by atoms with Crippen LogP contribution < -0.4 is 5.73 Å². The van der Waals surface area contributed by atoms with Crippen LogP contribution in [0.15, 0.2) is 53.2 Å². The van der Waals surface area contributed by atoms with E-state index in [2.05, 4.69) is 15.3 Å². The van der Waals surface area contributed by atoms with Gasteiger partial charge in [-0.25, -0.2) is 17.9 Å². The minimum absolute atomic E-state index is 0.0319. The Hall–Kier alpha value is -3.81. The Labute approximate surface area is 261 Å². The summed E-state index contributed by atoms with van der Waals surface area (Å²) in [4.78, 5) is 21.1. The van der Waals surface area contributed by atoms with Crippen LogP contribution in [0.25, 0.3) is 17.1 Å². The topological polar surface area (TPSA) is 137 Å². The molecule has 3 N–H and O–H groups in total. The fourth-order valence-electron chi connectivity index (χ4n) is 4.02. The molecule has 4 rings (SSSR count). The van der Waals surface area contributed by atoms with Gasteiger partial charge in [0.2, 0.25) is 13.3 Å². The molecule has 2 atom stereocenters. The summed E-state index contributed by atoms with van der Waals surface area (Å²) in [5.41, 5.74) is 5.65. The summed E-state index contributed by atoms with van der Waals surface area (Å²) >= 11 is 0. The van der Waals surface area contributed by atoms with E-state index in [9.17, 15) is 40.6 Å². The lowest BCUT2D eigenvalue weighted by atomic mass is 9.94. The summed E-state index contributed by atoms with van der Waals surface area (Å²) in [6.07, 6.45) is -2.59. The molecule has 2 aromatic heterocycles. The highest BCUT2D eigenvalue weighted by molar-refractivity contribution is 7.58. The first-order valence-corrected chi connectivity index (χ1v) is 16.0. The predicted molar refractivity (Wildman–Crippen MR) is 158 cm³/mol. The third kappa shape index (κ3) is 8.31. The van der Waals surface area contributed by atoms with E-state index in [-0.39, 0.29) is 22.9 Å². The van der Waals surface area contributed by atoms with Gasteiger partial charge in [0.15, 0.2) is 0 Å². The Morgan fingerprint density at radius 2 is 1.72 bits per heavy atom. The maximum Gasteiger partial charge on any atom is 0.419 e. The number of Topliss-reactive ketones (excluding diaryl/α,β-unsaturated/α-hetero) is 1. The van der Waals surface area contributed by atoms with Crippen molar-refractivity contribution in [2.45, 2.75) is 70.8 Å². The van der Waals surface area contributed by atoms with Gasteiger partial charge in [-0.05, 0) is 69.5 Å². The number of alkyl halides is 5. The number of rotatable bonds is 9. The van der Waals surface area contributed by atoms with E-state index in [1.165, 1.54) is 25.5 Å². The Kier molecular flexibility index (Phi) is 10.8. The number of hydrogen-bond donors (Lipinski definition) is 2. The Bertz CT molecular complexity index is 1730. The first-order valence-electron chi connectivity index (χ1n) is 13.9. The largest absolute Gasteiger partial charge is 0.419 e. The highest BCUT2D eigenvalue weighted by atomic mass is 31.2. The van der Waals surface area contributed by atoms with E-state index in [4.69, 9.17) is 10.2 Å². The summed E-state index contributed by atoms with van der Waals surface area (Å²) in [6, 6.07) is 7.65. The molecule has 0 fully saturated rings. The van der Waals surface area contributed by atoms with Crippen LogP contribution in [-0.4, -0.2) is 43.4 Å². The number of aryl methyl sites for hydroxylation is 2. The molecule has 2 heterocycles. The van der Waals surface area contributed by atoms with E-state index in [1.54, 1.807) is 12.1 Å². The molecule has 4 aromatic rings. The first-order chi connectivity index (χ1) is 21.1. The summed E-state index contributed by atoms with van der Waals surface area (Å²) in [7, 11) is -3.67. The van der Waals surface area contributed by atoms with Crippen molar-refractivity contribution >= 4 is 13.2 Å². The van der Waals surface area contributed by atoms with Gasteiger partial charge in [-0.3, -0.25) is 9.36 Å². The molecule has 0 spiro atoms. The van der Waals surface area contributed by atoms with Crippen molar-refractivity contribution in [3.05, 3.63) is 82.8 Å². The average Bonchev–Trinajstić information content (AvgIpc) is 3.65. The fourth-order valence-corrected chi connectivity index (χ4v) is 4.47. The number of nitrogens with two attached hydrogens (primary N) is 1. The van der Waals surface area contributed by atoms with Crippen molar-refractivity contribution in [2.75, 3.05) is 6.66 Å². The van der Waals surface area contributed by atoms with Gasteiger partial charge in [0.05, 0.1) is 29.1 Å². The number of carbonyl (C=O) groups excluding carboxylic acids is 1. The van der Waals surface area contributed by atoms with Crippen LogP contribution in [0.5, 0.6) is 0 Å². The van der Waals surface area contributed by atoms with Crippen molar-refractivity contribution < 1.29 is 45.0 Å². The molecule has 0 saturated heterocycles. The Balaban J connectivity index is 0.000000286. The molecule has 250 valence electrons. The van der Waals surface area contributed by atoms with Crippen LogP contribution in [0.4, 0.5) is 26.3 Å². The second-order valence-electron chi connectivity index (χ2n) is 11.3. The van der Waals surface area contributed by atoms with Crippen LogP contribution in [-0.2, 0) is 33.0 Å². The molecule has 46 heavy (non-hydrogen) atoms. The quantitative estimate of drug-likeness (QED) is 0.141. The third-order valence-electron chi connectivity index (χ3n) is 7.44. The lowest BCUT2D eigenvalue weighted by molar-refractivity contribution is -0.137. The van der Waals surface area contributed by atoms with Gasteiger partial charge in [-0.1, -0.05) is 19.1 Å². The lowest BCUT2D eigenvalue weighted by Crippen LogP contribution is -2.34. The zero-order valence-electron chi connectivity index (χ0n) is 25.9. The molecule has 0 amide bonds. The molecule has 0 saturated carbocycles. The molecule has 16 heteroatoms. The number of halogens is 6. The number of carbonyl (C=O) groups is 1. The minimum Gasteiger partial charge on any atom is -0.419 e. The summed E-state index contributed by atoms with van der Waals surface area (Å²) in [6.45, 7) is 8.45. The molecule has 0 aliphatic carbocycles. The van der Waals surface area contributed by atoms with E-state index < -0.39 is 59.8 Å². The van der Waals surface area contributed by atoms with Crippen LogP contribution in [0.3, 0.4) is 0 Å². The molecule has 2 aromatic carbocycles. The Morgan fingerprint density at radius 3 is 2.22 bits per heavy atom. The van der Waals surface area contributed by atoms with Crippen LogP contribution in [0.2, 0.25) is 0 Å². The van der Waals surface area contributed by atoms with Gasteiger partial charge in [0, 0.05) is 24.8 Å². The number of hydrogen-bond acceptors (Lipinski definition) is 7. The highest BCUT2D eigenvalue weighted by Crippen LogP contribution is 2.56. The Morgan fingerprint density at radius 1 is 1.11 bits per heavy atom. The number of benzene rings is 2. The lowest BCUT2D eigenvalue weighted by Gasteiger charge is -2.23. The minimum atomic E-state index is -4.35. The monoisotopic (exact) mass is 673 g/mol. The summed E-state index contributed by atoms with van der Waals surface area (Å²) in [5, 5.41) is 9.73. The smallest absolute Gasteiger partial charge is 0.419 e. The fraction of sp³-hybridized carbons (Fsp3) is 0.400. The second kappa shape index (κ2) is 13.5. The van der Waals surface area contributed by atoms with Crippen LogP contribution >= 0.6 is 7.37 Å². The molecular formula is C30H34F6N5O4P. The van der Waals surface area contributed by atoms with E-state index in [0.29, 0.717) is 11.8 Å². The molecule has 0 bridgehead atoms. The van der Waals surface area contributed by atoms with Gasteiger partial charge >= 0.3 is 6.18 Å². The molecule has 0 aliphatic rings. The summed E-state index contributed by atoms with van der Waals surface area (Å²) in [5.74, 6) is -5.66. The average molecular weight is 674 g/mol. The van der Waals surface area contributed by atoms with Gasteiger partial charge in [0.25, 0.3) is 11.8 Å². The van der Waals surface area contributed by atoms with Crippen molar-refractivity contribution in [3.8, 4) is 17.1 Å². The zero-order chi connectivity index (χ0) is 34.8. The highest BCUT2D eigenvalue weighted by Gasteiger charge is 2.42. The second-order valence-corrected chi connectivity index (χ2v) is 14.2. The van der Waals surface area contributed by atoms with Crippen molar-refractivity contribution in [2.24, 2.45) is 5.73 Å². The molecule has 9 nitrogen and oxygen atoms in total. The SMILES string of the molecule is CC(=O)C(N)CC(F)(F)c1cc(F)c(-c2nnc(C(C)(C)P(C)(=O)O)o2)cc1C.CCc1ccc(-n2cc(C(F)(F)F)cn2)cc1. The number of aromatic nitrogens is 4. The van der Waals surface area contributed by atoms with E-state index in [1.807, 2.05) is 19.1 Å². The molecular weight excluding hydrogens is 639 g/mol. The molecule has 0 aliphatic heterocycles. The first kappa shape index (κ1) is 36.7. The van der Waals surface area contributed by atoms with Crippen molar-refractivity contribution in [3.63, 3.8) is 0 Å². The van der Waals surface area contributed by atoms with Gasteiger partial charge < -0.3 is 15.0 Å². The number of ketones is 1. The van der Waals surface area contributed by atoms with Crippen LogP contribution in [0, 0.1) is 12.7 Å². The van der Waals surface area contributed by atoms with Gasteiger partial charge in [-0.2, -0.15) is 18.3 Å². The normalized spacial score (nSPS) is 14.3.